The van der Waals surface area contributed by atoms with Crippen LogP contribution in [0.3, 0.4) is 0 Å². The van der Waals surface area contributed by atoms with E-state index in [0.717, 1.165) is 11.1 Å². The van der Waals surface area contributed by atoms with Gasteiger partial charge in [-0.05, 0) is 42.0 Å². The van der Waals surface area contributed by atoms with E-state index in [0.29, 0.717) is 23.1 Å². The molecule has 3 N–H and O–H groups in total. The van der Waals surface area contributed by atoms with Crippen LogP contribution in [0.15, 0.2) is 47.6 Å². The van der Waals surface area contributed by atoms with Crippen LogP contribution in [0.25, 0.3) is 0 Å². The lowest BCUT2D eigenvalue weighted by molar-refractivity contribution is 0.284. The molecule has 5 nitrogen and oxygen atoms in total. The van der Waals surface area contributed by atoms with Gasteiger partial charge in [0.15, 0.2) is 16.6 Å². The van der Waals surface area contributed by atoms with Crippen molar-refractivity contribution in [2.24, 2.45) is 10.8 Å². The van der Waals surface area contributed by atoms with Gasteiger partial charge in [0.1, 0.15) is 6.61 Å². The number of nitrogens with two attached hydrogens (primary N) is 1. The van der Waals surface area contributed by atoms with Crippen LogP contribution in [-0.2, 0) is 6.61 Å². The Balaban J connectivity index is 2.09. The minimum absolute atomic E-state index is 0.105. The predicted molar refractivity (Wildman–Crippen MR) is 96.3 cm³/mol. The number of thiocarbonyl (C=S) groups is 1. The van der Waals surface area contributed by atoms with Gasteiger partial charge < -0.3 is 15.2 Å². The van der Waals surface area contributed by atoms with Gasteiger partial charge >= 0.3 is 0 Å². The van der Waals surface area contributed by atoms with Crippen molar-refractivity contribution in [1.29, 1.82) is 0 Å². The lowest BCUT2D eigenvalue weighted by atomic mass is 10.2. The van der Waals surface area contributed by atoms with Crippen molar-refractivity contribution in [3.63, 3.8) is 0 Å². The minimum Gasteiger partial charge on any atom is -0.493 e. The Hall–Kier alpha value is -2.31. The molecular weight excluding hydrogens is 334 g/mol. The van der Waals surface area contributed by atoms with E-state index in [1.54, 1.807) is 25.5 Å². The molecule has 0 unspecified atom stereocenters. The molecule has 0 saturated heterocycles. The highest BCUT2D eigenvalue weighted by Crippen LogP contribution is 2.29. The average Bonchev–Trinajstić information content (AvgIpc) is 2.54. The summed E-state index contributed by atoms with van der Waals surface area (Å²) in [6.07, 6.45) is 1.58. The number of rotatable bonds is 6. The summed E-state index contributed by atoms with van der Waals surface area (Å²) < 4.78 is 11.1. The van der Waals surface area contributed by atoms with Crippen molar-refractivity contribution in [3.8, 4) is 11.5 Å². The van der Waals surface area contributed by atoms with Crippen molar-refractivity contribution in [3.05, 3.63) is 58.6 Å². The third-order valence-electron chi connectivity index (χ3n) is 2.92. The molecule has 0 amide bonds. The first-order valence-corrected chi connectivity index (χ1v) is 7.51. The molecule has 7 heteroatoms. The van der Waals surface area contributed by atoms with E-state index in [4.69, 9.17) is 26.8 Å². The zero-order valence-corrected chi connectivity index (χ0v) is 14.0. The monoisotopic (exact) mass is 349 g/mol. The molecule has 0 aliphatic rings. The molecule has 0 radical (unpaired) electrons. The van der Waals surface area contributed by atoms with Crippen LogP contribution < -0.4 is 20.6 Å². The molecule has 2 aromatic rings. The fraction of sp³-hybridized carbons (Fsp3) is 0.125. The molecule has 0 aromatic heterocycles. The first-order valence-electron chi connectivity index (χ1n) is 6.73. The zero-order valence-electron chi connectivity index (χ0n) is 12.5. The smallest absolute Gasteiger partial charge is 0.184 e. The number of hydrazone groups is 1. The zero-order chi connectivity index (χ0) is 16.7. The van der Waals surface area contributed by atoms with Crippen LogP contribution in [0.1, 0.15) is 11.1 Å². The number of nitrogens with zero attached hydrogens (tertiary/aromatic N) is 1. The van der Waals surface area contributed by atoms with Crippen molar-refractivity contribution in [1.82, 2.24) is 5.43 Å². The molecule has 0 fully saturated rings. The molecule has 0 aliphatic carbocycles. The highest BCUT2D eigenvalue weighted by molar-refractivity contribution is 7.80. The van der Waals surface area contributed by atoms with Gasteiger partial charge in [0.2, 0.25) is 0 Å². The maximum atomic E-state index is 6.12. The van der Waals surface area contributed by atoms with E-state index in [9.17, 15) is 0 Å². The lowest BCUT2D eigenvalue weighted by Gasteiger charge is -2.12. The van der Waals surface area contributed by atoms with Gasteiger partial charge in [0.25, 0.3) is 0 Å². The molecule has 2 aromatic carbocycles. The summed E-state index contributed by atoms with van der Waals surface area (Å²) in [6.45, 7) is 0.354. The summed E-state index contributed by atoms with van der Waals surface area (Å²) in [5, 5.41) is 4.67. The summed E-state index contributed by atoms with van der Waals surface area (Å²) in [5.74, 6) is 1.21. The summed E-state index contributed by atoms with van der Waals surface area (Å²) in [6, 6.07) is 13.0. The molecule has 120 valence electrons. The number of halogens is 1. The Morgan fingerprint density at radius 1 is 1.30 bits per heavy atom. The summed E-state index contributed by atoms with van der Waals surface area (Å²) in [4.78, 5) is 0. The first kappa shape index (κ1) is 17.1. The molecule has 0 saturated carbocycles. The maximum Gasteiger partial charge on any atom is 0.184 e. The number of nitrogens with one attached hydrogen (secondary N) is 1. The SMILES string of the molecule is COc1cc(C=NNC(N)=S)ccc1OCc1ccccc1Cl. The molecule has 0 bridgehead atoms. The van der Waals surface area contributed by atoms with Gasteiger partial charge in [-0.25, -0.2) is 0 Å². The number of hydrogen-bond donors (Lipinski definition) is 2. The Morgan fingerprint density at radius 2 is 2.09 bits per heavy atom. The van der Waals surface area contributed by atoms with Gasteiger partial charge in [0, 0.05) is 10.6 Å². The summed E-state index contributed by atoms with van der Waals surface area (Å²) in [7, 11) is 1.58. The van der Waals surface area contributed by atoms with Crippen LogP contribution in [0.2, 0.25) is 5.02 Å². The number of benzene rings is 2. The Kier molecular flexibility index (Phi) is 6.19. The van der Waals surface area contributed by atoms with Gasteiger partial charge in [-0.3, -0.25) is 5.43 Å². The third kappa shape index (κ3) is 5.12. The molecule has 23 heavy (non-hydrogen) atoms. The fourth-order valence-electron chi connectivity index (χ4n) is 1.83. The van der Waals surface area contributed by atoms with Crippen LogP contribution in [-0.4, -0.2) is 18.4 Å². The lowest BCUT2D eigenvalue weighted by Crippen LogP contribution is -2.23. The minimum atomic E-state index is 0.105. The highest BCUT2D eigenvalue weighted by Gasteiger charge is 2.07. The Morgan fingerprint density at radius 3 is 2.78 bits per heavy atom. The average molecular weight is 350 g/mol. The standard InChI is InChI=1S/C16H16ClN3O2S/c1-21-15-8-11(9-19-20-16(18)23)6-7-14(15)22-10-12-4-2-3-5-13(12)17/h2-9H,10H2,1H3,(H3,18,20,23). The molecule has 0 aliphatic heterocycles. The van der Waals surface area contributed by atoms with Crippen LogP contribution in [0.4, 0.5) is 0 Å². The van der Waals surface area contributed by atoms with Crippen molar-refractivity contribution in [2.75, 3.05) is 7.11 Å². The van der Waals surface area contributed by atoms with E-state index < -0.39 is 0 Å². The molecule has 2 rings (SSSR count). The Labute approximate surface area is 145 Å². The van der Waals surface area contributed by atoms with E-state index in [1.807, 2.05) is 30.3 Å². The molecule has 0 spiro atoms. The van der Waals surface area contributed by atoms with E-state index >= 15 is 0 Å². The van der Waals surface area contributed by atoms with Crippen LogP contribution in [0, 0.1) is 0 Å². The van der Waals surface area contributed by atoms with Crippen molar-refractivity contribution >= 4 is 35.1 Å². The van der Waals surface area contributed by atoms with E-state index in [2.05, 4.69) is 22.7 Å². The normalized spacial score (nSPS) is 10.5. The van der Waals surface area contributed by atoms with Gasteiger partial charge in [-0.2, -0.15) is 5.10 Å². The second-order valence-electron chi connectivity index (χ2n) is 4.52. The number of hydrogen-bond acceptors (Lipinski definition) is 4. The summed E-state index contributed by atoms with van der Waals surface area (Å²) in [5.41, 5.74) is 9.51. The third-order valence-corrected chi connectivity index (χ3v) is 3.38. The fourth-order valence-corrected chi connectivity index (χ4v) is 2.07. The second kappa shape index (κ2) is 8.36. The van der Waals surface area contributed by atoms with E-state index in [-0.39, 0.29) is 5.11 Å². The van der Waals surface area contributed by atoms with Crippen LogP contribution in [0.5, 0.6) is 11.5 Å². The predicted octanol–water partition coefficient (Wildman–Crippen LogP) is 3.09. The largest absolute Gasteiger partial charge is 0.493 e. The van der Waals surface area contributed by atoms with Crippen molar-refractivity contribution in [2.45, 2.75) is 6.61 Å². The van der Waals surface area contributed by atoms with Crippen molar-refractivity contribution < 1.29 is 9.47 Å². The summed E-state index contributed by atoms with van der Waals surface area (Å²) >= 11 is 10.8. The first-order chi connectivity index (χ1) is 11.1. The molecule has 0 atom stereocenters. The van der Waals surface area contributed by atoms with Crippen LogP contribution >= 0.6 is 23.8 Å². The van der Waals surface area contributed by atoms with Gasteiger partial charge in [-0.15, -0.1) is 0 Å². The highest BCUT2D eigenvalue weighted by atomic mass is 35.5. The quantitative estimate of drug-likeness (QED) is 0.476. The number of methoxy groups -OCH3 is 1. The second-order valence-corrected chi connectivity index (χ2v) is 5.37. The van der Waals surface area contributed by atoms with Gasteiger partial charge in [0.05, 0.1) is 13.3 Å². The molecular formula is C16H16ClN3O2S. The Bertz CT molecular complexity index is 722. The maximum absolute atomic E-state index is 6.12. The number of ether oxygens (including phenoxy) is 2. The topological polar surface area (TPSA) is 68.9 Å². The van der Waals surface area contributed by atoms with Gasteiger partial charge in [-0.1, -0.05) is 29.8 Å². The van der Waals surface area contributed by atoms with E-state index in [1.165, 1.54) is 0 Å². The molecule has 0 heterocycles.